The van der Waals surface area contributed by atoms with Gasteiger partial charge in [0.2, 0.25) is 0 Å². The predicted molar refractivity (Wildman–Crippen MR) is 105 cm³/mol. The van der Waals surface area contributed by atoms with Crippen molar-refractivity contribution in [2.24, 2.45) is 0 Å². The Morgan fingerprint density at radius 3 is 2.30 bits per heavy atom. The largest absolute Gasteiger partial charge is 0.495 e. The molecule has 146 valence electrons. The van der Waals surface area contributed by atoms with E-state index in [-0.39, 0.29) is 16.5 Å². The SMILES string of the molecule is CCOC(=O)CN(c1c(C)cccc1C)S(=O)(=O)c1ccc(OC)c(Cl)c1. The highest BCUT2D eigenvalue weighted by atomic mass is 35.5. The molecular formula is C19H22ClNO5S. The fraction of sp³-hybridized carbons (Fsp3) is 0.316. The number of para-hydroxylation sites is 1. The van der Waals surface area contributed by atoms with Gasteiger partial charge in [0, 0.05) is 0 Å². The van der Waals surface area contributed by atoms with E-state index in [1.807, 2.05) is 6.07 Å². The van der Waals surface area contributed by atoms with Crippen LogP contribution in [0.5, 0.6) is 5.75 Å². The molecule has 0 bridgehead atoms. The van der Waals surface area contributed by atoms with Gasteiger partial charge < -0.3 is 9.47 Å². The quantitative estimate of drug-likeness (QED) is 0.649. The molecule has 6 nitrogen and oxygen atoms in total. The lowest BCUT2D eigenvalue weighted by Crippen LogP contribution is -2.37. The summed E-state index contributed by atoms with van der Waals surface area (Å²) in [5.41, 5.74) is 1.89. The van der Waals surface area contributed by atoms with Crippen LogP contribution in [-0.4, -0.2) is 34.6 Å². The zero-order valence-corrected chi connectivity index (χ0v) is 17.2. The second-order valence-corrected chi connectivity index (χ2v) is 8.12. The third-order valence-corrected chi connectivity index (χ3v) is 6.02. The average Bonchev–Trinajstić information content (AvgIpc) is 2.60. The van der Waals surface area contributed by atoms with Gasteiger partial charge in [-0.3, -0.25) is 9.10 Å². The average molecular weight is 412 g/mol. The van der Waals surface area contributed by atoms with Gasteiger partial charge in [-0.25, -0.2) is 8.42 Å². The lowest BCUT2D eigenvalue weighted by Gasteiger charge is -2.27. The normalized spacial score (nSPS) is 11.1. The van der Waals surface area contributed by atoms with Crippen LogP contribution in [0.4, 0.5) is 5.69 Å². The number of hydrogen-bond acceptors (Lipinski definition) is 5. The van der Waals surface area contributed by atoms with E-state index >= 15 is 0 Å². The molecule has 27 heavy (non-hydrogen) atoms. The monoisotopic (exact) mass is 411 g/mol. The molecule has 0 amide bonds. The number of anilines is 1. The summed E-state index contributed by atoms with van der Waals surface area (Å²) in [6.45, 7) is 4.96. The Balaban J connectivity index is 2.61. The van der Waals surface area contributed by atoms with Crippen molar-refractivity contribution < 1.29 is 22.7 Å². The second kappa shape index (κ2) is 8.63. The van der Waals surface area contributed by atoms with E-state index < -0.39 is 22.5 Å². The Kier molecular flexibility index (Phi) is 6.73. The van der Waals surface area contributed by atoms with Crippen molar-refractivity contribution in [3.63, 3.8) is 0 Å². The lowest BCUT2D eigenvalue weighted by molar-refractivity contribution is -0.141. The van der Waals surface area contributed by atoms with Gasteiger partial charge in [-0.1, -0.05) is 29.8 Å². The van der Waals surface area contributed by atoms with Crippen molar-refractivity contribution >= 4 is 33.3 Å². The summed E-state index contributed by atoms with van der Waals surface area (Å²) in [6, 6.07) is 9.58. The van der Waals surface area contributed by atoms with Crippen LogP contribution in [0.3, 0.4) is 0 Å². The van der Waals surface area contributed by atoms with E-state index in [1.165, 1.54) is 25.3 Å². The van der Waals surface area contributed by atoms with Crippen molar-refractivity contribution in [2.45, 2.75) is 25.7 Å². The zero-order chi connectivity index (χ0) is 20.2. The van der Waals surface area contributed by atoms with Crippen LogP contribution in [0.1, 0.15) is 18.1 Å². The molecule has 0 atom stereocenters. The predicted octanol–water partition coefficient (Wildman–Crippen LogP) is 3.72. The minimum Gasteiger partial charge on any atom is -0.495 e. The first-order valence-electron chi connectivity index (χ1n) is 8.30. The minimum absolute atomic E-state index is 0.0414. The molecule has 0 fully saturated rings. The third kappa shape index (κ3) is 4.54. The highest BCUT2D eigenvalue weighted by molar-refractivity contribution is 7.92. The van der Waals surface area contributed by atoms with Crippen LogP contribution < -0.4 is 9.04 Å². The smallest absolute Gasteiger partial charge is 0.326 e. The summed E-state index contributed by atoms with van der Waals surface area (Å²) < 4.78 is 37.8. The highest BCUT2D eigenvalue weighted by Crippen LogP contribution is 2.33. The first kappa shape index (κ1) is 21.1. The highest BCUT2D eigenvalue weighted by Gasteiger charge is 2.30. The fourth-order valence-corrected chi connectivity index (χ4v) is 4.63. The summed E-state index contributed by atoms with van der Waals surface area (Å²) in [7, 11) is -2.62. The van der Waals surface area contributed by atoms with Crippen molar-refractivity contribution in [1.29, 1.82) is 0 Å². The van der Waals surface area contributed by atoms with Gasteiger partial charge in [0.25, 0.3) is 10.0 Å². The van der Waals surface area contributed by atoms with Crippen LogP contribution in [0, 0.1) is 13.8 Å². The number of halogens is 1. The first-order chi connectivity index (χ1) is 12.7. The number of hydrogen-bond donors (Lipinski definition) is 0. The third-order valence-electron chi connectivity index (χ3n) is 3.98. The summed E-state index contributed by atoms with van der Waals surface area (Å²) in [6.07, 6.45) is 0. The number of ether oxygens (including phenoxy) is 2. The Morgan fingerprint density at radius 2 is 1.78 bits per heavy atom. The number of sulfonamides is 1. The van der Waals surface area contributed by atoms with Gasteiger partial charge in [-0.05, 0) is 50.1 Å². The molecule has 0 unspecified atom stereocenters. The van der Waals surface area contributed by atoms with Crippen molar-refractivity contribution in [2.75, 3.05) is 24.6 Å². The van der Waals surface area contributed by atoms with Crippen LogP contribution in [0.25, 0.3) is 0 Å². The van der Waals surface area contributed by atoms with Gasteiger partial charge in [-0.2, -0.15) is 0 Å². The topological polar surface area (TPSA) is 72.9 Å². The van der Waals surface area contributed by atoms with Gasteiger partial charge in [-0.15, -0.1) is 0 Å². The van der Waals surface area contributed by atoms with Crippen molar-refractivity contribution in [3.8, 4) is 5.75 Å². The molecule has 2 aromatic carbocycles. The molecule has 0 saturated carbocycles. The Hall–Kier alpha value is -2.25. The van der Waals surface area contributed by atoms with Crippen LogP contribution in [-0.2, 0) is 19.6 Å². The van der Waals surface area contributed by atoms with E-state index in [2.05, 4.69) is 0 Å². The Morgan fingerprint density at radius 1 is 1.15 bits per heavy atom. The van der Waals surface area contributed by atoms with Gasteiger partial charge >= 0.3 is 5.97 Å². The molecule has 0 N–H and O–H groups in total. The van der Waals surface area contributed by atoms with Gasteiger partial charge in [0.05, 0.1) is 29.3 Å². The molecule has 2 aromatic rings. The van der Waals surface area contributed by atoms with Crippen molar-refractivity contribution in [3.05, 3.63) is 52.5 Å². The Labute approximate surface area is 164 Å². The number of aryl methyl sites for hydroxylation is 2. The molecule has 0 aromatic heterocycles. The summed E-state index contributed by atoms with van der Waals surface area (Å²) in [4.78, 5) is 12.1. The summed E-state index contributed by atoms with van der Waals surface area (Å²) in [5.74, 6) is -0.275. The maximum atomic E-state index is 13.3. The van der Waals surface area contributed by atoms with E-state index in [9.17, 15) is 13.2 Å². The molecule has 0 spiro atoms. The molecule has 0 radical (unpaired) electrons. The van der Waals surface area contributed by atoms with Crippen LogP contribution >= 0.6 is 11.6 Å². The van der Waals surface area contributed by atoms with Crippen LogP contribution in [0.2, 0.25) is 5.02 Å². The Bertz CT molecular complexity index is 923. The molecule has 0 aliphatic heterocycles. The number of esters is 1. The summed E-state index contributed by atoms with van der Waals surface area (Å²) in [5, 5.41) is 0.163. The second-order valence-electron chi connectivity index (χ2n) is 5.85. The van der Waals surface area contributed by atoms with E-state index in [4.69, 9.17) is 21.1 Å². The molecule has 8 heteroatoms. The standard InChI is InChI=1S/C19H22ClNO5S/c1-5-26-18(22)12-21(19-13(2)7-6-8-14(19)3)27(23,24)15-9-10-17(25-4)16(20)11-15/h6-11H,5,12H2,1-4H3. The van der Waals surface area contributed by atoms with Gasteiger partial charge in [0.15, 0.2) is 0 Å². The minimum atomic E-state index is -4.07. The number of nitrogens with zero attached hydrogens (tertiary/aromatic N) is 1. The number of benzene rings is 2. The van der Waals surface area contributed by atoms with E-state index in [0.29, 0.717) is 11.4 Å². The van der Waals surface area contributed by atoms with Crippen molar-refractivity contribution in [1.82, 2.24) is 0 Å². The maximum absolute atomic E-state index is 13.3. The number of carbonyl (C=O) groups excluding carboxylic acids is 1. The fourth-order valence-electron chi connectivity index (χ4n) is 2.74. The molecule has 0 aliphatic carbocycles. The molecule has 2 rings (SSSR count). The van der Waals surface area contributed by atoms with Crippen LogP contribution in [0.15, 0.2) is 41.3 Å². The molecule has 0 aliphatic rings. The first-order valence-corrected chi connectivity index (χ1v) is 10.1. The lowest BCUT2D eigenvalue weighted by atomic mass is 10.1. The van der Waals surface area contributed by atoms with Gasteiger partial charge in [0.1, 0.15) is 12.3 Å². The summed E-state index contributed by atoms with van der Waals surface area (Å²) >= 11 is 6.10. The molecule has 0 heterocycles. The number of methoxy groups -OCH3 is 1. The number of carbonyl (C=O) groups is 1. The molecular weight excluding hydrogens is 390 g/mol. The maximum Gasteiger partial charge on any atom is 0.326 e. The number of rotatable bonds is 7. The van der Waals surface area contributed by atoms with E-state index in [0.717, 1.165) is 15.4 Å². The molecule has 0 saturated heterocycles. The van der Waals surface area contributed by atoms with E-state index in [1.54, 1.807) is 32.9 Å². The zero-order valence-electron chi connectivity index (χ0n) is 15.7.